The van der Waals surface area contributed by atoms with E-state index in [0.29, 0.717) is 5.02 Å². The number of aryl methyl sites for hydroxylation is 1. The minimum atomic E-state index is 0.652. The van der Waals surface area contributed by atoms with E-state index in [0.717, 1.165) is 32.9 Å². The highest BCUT2D eigenvalue weighted by atomic mass is 35.5. The van der Waals surface area contributed by atoms with Crippen LogP contribution in [0, 0.1) is 6.92 Å². The van der Waals surface area contributed by atoms with E-state index < -0.39 is 0 Å². The van der Waals surface area contributed by atoms with Gasteiger partial charge in [0.15, 0.2) is 0 Å². The van der Waals surface area contributed by atoms with Crippen molar-refractivity contribution < 1.29 is 0 Å². The molecule has 0 saturated heterocycles. The largest absolute Gasteiger partial charge is 0.355 e. The van der Waals surface area contributed by atoms with Crippen LogP contribution in [0.2, 0.25) is 10.0 Å². The van der Waals surface area contributed by atoms with E-state index in [1.807, 2.05) is 49.4 Å². The van der Waals surface area contributed by atoms with Gasteiger partial charge in [-0.1, -0.05) is 35.3 Å². The molecule has 0 amide bonds. The molecule has 3 aromatic rings. The number of para-hydroxylation sites is 1. The molecule has 1 heterocycles. The summed E-state index contributed by atoms with van der Waals surface area (Å²) in [6.07, 6.45) is 1.75. The summed E-state index contributed by atoms with van der Waals surface area (Å²) in [6, 6.07) is 13.5. The van der Waals surface area contributed by atoms with Crippen molar-refractivity contribution >= 4 is 45.5 Å². The predicted molar refractivity (Wildman–Crippen MR) is 86.2 cm³/mol. The molecular formula is C16H12Cl2N2. The standard InChI is InChI=1S/C16H12Cl2N2/c1-10-9-11(17)5-6-14(10)20-15-7-8-19-16-12(15)3-2-4-13(16)18/h2-9H,1H3,(H,19,20). The van der Waals surface area contributed by atoms with Gasteiger partial charge in [-0.3, -0.25) is 4.98 Å². The third kappa shape index (κ3) is 2.45. The number of nitrogens with zero attached hydrogens (tertiary/aromatic N) is 1. The van der Waals surface area contributed by atoms with Crippen molar-refractivity contribution in [3.8, 4) is 0 Å². The van der Waals surface area contributed by atoms with Crippen LogP contribution in [-0.2, 0) is 0 Å². The number of halogens is 2. The van der Waals surface area contributed by atoms with Gasteiger partial charge in [0.2, 0.25) is 0 Å². The van der Waals surface area contributed by atoms with Gasteiger partial charge in [-0.25, -0.2) is 0 Å². The first-order valence-electron chi connectivity index (χ1n) is 6.21. The first-order chi connectivity index (χ1) is 9.65. The molecule has 0 spiro atoms. The van der Waals surface area contributed by atoms with Gasteiger partial charge < -0.3 is 5.32 Å². The van der Waals surface area contributed by atoms with E-state index in [4.69, 9.17) is 23.2 Å². The number of hydrogen-bond acceptors (Lipinski definition) is 2. The Kier molecular flexibility index (Phi) is 3.51. The van der Waals surface area contributed by atoms with Gasteiger partial charge >= 0.3 is 0 Å². The quantitative estimate of drug-likeness (QED) is 0.667. The lowest BCUT2D eigenvalue weighted by atomic mass is 10.1. The summed E-state index contributed by atoms with van der Waals surface area (Å²) < 4.78 is 0. The predicted octanol–water partition coefficient (Wildman–Crippen LogP) is 5.59. The number of nitrogens with one attached hydrogen (secondary N) is 1. The summed E-state index contributed by atoms with van der Waals surface area (Å²) in [5, 5.41) is 5.79. The third-order valence-corrected chi connectivity index (χ3v) is 3.72. The molecule has 3 rings (SSSR count). The summed E-state index contributed by atoms with van der Waals surface area (Å²) in [7, 11) is 0. The zero-order valence-corrected chi connectivity index (χ0v) is 12.3. The Hall–Kier alpha value is -1.77. The topological polar surface area (TPSA) is 24.9 Å². The van der Waals surface area contributed by atoms with Crippen molar-refractivity contribution in [3.05, 3.63) is 64.3 Å². The normalized spacial score (nSPS) is 10.8. The summed E-state index contributed by atoms with van der Waals surface area (Å²) in [4.78, 5) is 4.33. The fourth-order valence-corrected chi connectivity index (χ4v) is 2.61. The third-order valence-electron chi connectivity index (χ3n) is 3.18. The van der Waals surface area contributed by atoms with Crippen molar-refractivity contribution in [2.24, 2.45) is 0 Å². The molecule has 0 fully saturated rings. The SMILES string of the molecule is Cc1cc(Cl)ccc1Nc1ccnc2c(Cl)cccc12. The van der Waals surface area contributed by atoms with Gasteiger partial charge in [0.1, 0.15) is 0 Å². The van der Waals surface area contributed by atoms with Crippen molar-refractivity contribution in [1.29, 1.82) is 0 Å². The molecule has 0 aliphatic heterocycles. The second kappa shape index (κ2) is 5.31. The monoisotopic (exact) mass is 302 g/mol. The highest BCUT2D eigenvalue weighted by Gasteiger charge is 2.06. The van der Waals surface area contributed by atoms with Gasteiger partial charge in [-0.15, -0.1) is 0 Å². The smallest absolute Gasteiger partial charge is 0.0908 e. The van der Waals surface area contributed by atoms with E-state index in [1.54, 1.807) is 6.20 Å². The number of hydrogen-bond donors (Lipinski definition) is 1. The molecule has 1 aromatic heterocycles. The van der Waals surface area contributed by atoms with Crippen LogP contribution in [0.1, 0.15) is 5.56 Å². The summed E-state index contributed by atoms with van der Waals surface area (Å²) in [5.41, 5.74) is 3.88. The van der Waals surface area contributed by atoms with Crippen LogP contribution in [0.5, 0.6) is 0 Å². The lowest BCUT2D eigenvalue weighted by Gasteiger charge is -2.12. The second-order valence-electron chi connectivity index (χ2n) is 4.58. The Morgan fingerprint density at radius 2 is 1.85 bits per heavy atom. The number of fused-ring (bicyclic) bond motifs is 1. The Morgan fingerprint density at radius 1 is 1.00 bits per heavy atom. The van der Waals surface area contributed by atoms with E-state index >= 15 is 0 Å². The van der Waals surface area contributed by atoms with E-state index in [2.05, 4.69) is 10.3 Å². The Labute approximate surface area is 127 Å². The Bertz CT molecular complexity index is 785. The van der Waals surface area contributed by atoms with Gasteiger partial charge in [0, 0.05) is 28.0 Å². The molecule has 0 aliphatic rings. The molecular weight excluding hydrogens is 291 g/mol. The highest BCUT2D eigenvalue weighted by Crippen LogP contribution is 2.30. The lowest BCUT2D eigenvalue weighted by Crippen LogP contribution is -1.95. The summed E-state index contributed by atoms with van der Waals surface area (Å²) in [5.74, 6) is 0. The number of anilines is 2. The van der Waals surface area contributed by atoms with Gasteiger partial charge in [-0.2, -0.15) is 0 Å². The number of benzene rings is 2. The van der Waals surface area contributed by atoms with Crippen LogP contribution in [0.3, 0.4) is 0 Å². The van der Waals surface area contributed by atoms with Gasteiger partial charge in [0.05, 0.1) is 10.5 Å². The Morgan fingerprint density at radius 3 is 2.65 bits per heavy atom. The van der Waals surface area contributed by atoms with Gasteiger partial charge in [0.25, 0.3) is 0 Å². The maximum Gasteiger partial charge on any atom is 0.0908 e. The zero-order chi connectivity index (χ0) is 14.1. The fourth-order valence-electron chi connectivity index (χ4n) is 2.16. The van der Waals surface area contributed by atoms with Crippen LogP contribution in [0.4, 0.5) is 11.4 Å². The first-order valence-corrected chi connectivity index (χ1v) is 6.97. The molecule has 0 aliphatic carbocycles. The van der Waals surface area contributed by atoms with E-state index in [1.165, 1.54) is 0 Å². The molecule has 2 nitrogen and oxygen atoms in total. The van der Waals surface area contributed by atoms with Gasteiger partial charge in [-0.05, 0) is 42.8 Å². The highest BCUT2D eigenvalue weighted by molar-refractivity contribution is 6.35. The number of pyridine rings is 1. The zero-order valence-electron chi connectivity index (χ0n) is 10.8. The van der Waals surface area contributed by atoms with Crippen molar-refractivity contribution in [2.45, 2.75) is 6.92 Å². The average Bonchev–Trinajstić information content (AvgIpc) is 2.43. The van der Waals surface area contributed by atoms with Crippen LogP contribution in [0.15, 0.2) is 48.7 Å². The van der Waals surface area contributed by atoms with Crippen LogP contribution < -0.4 is 5.32 Å². The molecule has 0 bridgehead atoms. The molecule has 100 valence electrons. The maximum atomic E-state index is 6.18. The van der Waals surface area contributed by atoms with Crippen LogP contribution >= 0.6 is 23.2 Å². The summed E-state index contributed by atoms with van der Waals surface area (Å²) in [6.45, 7) is 2.02. The molecule has 4 heteroatoms. The number of aromatic nitrogens is 1. The molecule has 0 saturated carbocycles. The van der Waals surface area contributed by atoms with E-state index in [-0.39, 0.29) is 0 Å². The van der Waals surface area contributed by atoms with Crippen molar-refractivity contribution in [1.82, 2.24) is 4.98 Å². The van der Waals surface area contributed by atoms with Crippen LogP contribution in [-0.4, -0.2) is 4.98 Å². The first kappa shape index (κ1) is 13.2. The molecule has 1 N–H and O–H groups in total. The molecule has 0 radical (unpaired) electrons. The molecule has 2 aromatic carbocycles. The minimum absolute atomic E-state index is 0.652. The Balaban J connectivity index is 2.09. The molecule has 20 heavy (non-hydrogen) atoms. The average molecular weight is 303 g/mol. The maximum absolute atomic E-state index is 6.18. The van der Waals surface area contributed by atoms with Crippen LogP contribution in [0.25, 0.3) is 10.9 Å². The van der Waals surface area contributed by atoms with E-state index in [9.17, 15) is 0 Å². The number of rotatable bonds is 2. The minimum Gasteiger partial charge on any atom is -0.355 e. The van der Waals surface area contributed by atoms with Crippen molar-refractivity contribution in [2.75, 3.05) is 5.32 Å². The molecule has 0 unspecified atom stereocenters. The fraction of sp³-hybridized carbons (Fsp3) is 0.0625. The second-order valence-corrected chi connectivity index (χ2v) is 5.42. The van der Waals surface area contributed by atoms with Crippen molar-refractivity contribution in [3.63, 3.8) is 0 Å². The lowest BCUT2D eigenvalue weighted by molar-refractivity contribution is 1.39. The summed E-state index contributed by atoms with van der Waals surface area (Å²) >= 11 is 12.2. The molecule has 0 atom stereocenters.